The van der Waals surface area contributed by atoms with E-state index >= 15 is 0 Å². The van der Waals surface area contributed by atoms with Crippen molar-refractivity contribution in [2.45, 2.75) is 38.0 Å². The zero-order chi connectivity index (χ0) is 11.4. The Hall–Kier alpha value is -1.37. The summed E-state index contributed by atoms with van der Waals surface area (Å²) in [6.07, 6.45) is 6.56. The molecule has 0 bridgehead atoms. The van der Waals surface area contributed by atoms with E-state index in [1.165, 1.54) is 11.1 Å². The quantitative estimate of drug-likeness (QED) is 0.699. The number of ketones is 1. The summed E-state index contributed by atoms with van der Waals surface area (Å²) in [5, 5.41) is 0. The summed E-state index contributed by atoms with van der Waals surface area (Å²) in [6.45, 7) is 3.67. The van der Waals surface area contributed by atoms with Gasteiger partial charge in [0.25, 0.3) is 0 Å². The maximum atomic E-state index is 12.1. The van der Waals surface area contributed by atoms with Crippen molar-refractivity contribution in [1.29, 1.82) is 0 Å². The lowest BCUT2D eigenvalue weighted by Gasteiger charge is -2.24. The summed E-state index contributed by atoms with van der Waals surface area (Å²) in [7, 11) is 0. The minimum atomic E-state index is 0.143. The fourth-order valence-electron chi connectivity index (χ4n) is 2.51. The van der Waals surface area contributed by atoms with Gasteiger partial charge in [-0.2, -0.15) is 0 Å². The van der Waals surface area contributed by atoms with E-state index in [4.69, 9.17) is 0 Å². The highest BCUT2D eigenvalue weighted by molar-refractivity contribution is 5.86. The molecule has 0 spiro atoms. The summed E-state index contributed by atoms with van der Waals surface area (Å²) >= 11 is 0. The van der Waals surface area contributed by atoms with Crippen molar-refractivity contribution in [3.8, 4) is 0 Å². The fraction of sp³-hybridized carbons (Fsp3) is 0.400. The molecule has 0 amide bonds. The summed E-state index contributed by atoms with van der Waals surface area (Å²) in [4.78, 5) is 12.1. The minimum Gasteiger partial charge on any atom is -0.299 e. The first kappa shape index (κ1) is 11.1. The molecule has 1 aliphatic rings. The van der Waals surface area contributed by atoms with Gasteiger partial charge >= 0.3 is 0 Å². The Morgan fingerprint density at radius 1 is 1.44 bits per heavy atom. The van der Waals surface area contributed by atoms with Crippen LogP contribution in [0.1, 0.15) is 42.7 Å². The molecule has 1 unspecified atom stereocenters. The van der Waals surface area contributed by atoms with Gasteiger partial charge < -0.3 is 0 Å². The van der Waals surface area contributed by atoms with Gasteiger partial charge in [0, 0.05) is 12.3 Å². The number of allylic oxidation sites excluding steroid dienone is 1. The molecule has 0 saturated carbocycles. The Bertz CT molecular complexity index is 392. The highest BCUT2D eigenvalue weighted by atomic mass is 16.1. The van der Waals surface area contributed by atoms with E-state index in [0.717, 1.165) is 25.7 Å². The molecule has 0 aliphatic heterocycles. The van der Waals surface area contributed by atoms with Gasteiger partial charge in [-0.25, -0.2) is 0 Å². The van der Waals surface area contributed by atoms with Crippen molar-refractivity contribution >= 4 is 5.78 Å². The van der Waals surface area contributed by atoms with Crippen molar-refractivity contribution in [3.05, 3.63) is 48.0 Å². The van der Waals surface area contributed by atoms with Crippen LogP contribution in [0.15, 0.2) is 36.9 Å². The number of rotatable bonds is 4. The van der Waals surface area contributed by atoms with Crippen LogP contribution in [0.2, 0.25) is 0 Å². The van der Waals surface area contributed by atoms with Gasteiger partial charge in [-0.3, -0.25) is 4.79 Å². The van der Waals surface area contributed by atoms with E-state index in [1.807, 2.05) is 12.1 Å². The SMILES string of the molecule is C=CCCC(=O)C1CCCc2ccccc21. The van der Waals surface area contributed by atoms with Gasteiger partial charge in [0.15, 0.2) is 0 Å². The molecular weight excluding hydrogens is 196 g/mol. The first-order valence-corrected chi connectivity index (χ1v) is 6.04. The third-order valence-corrected chi connectivity index (χ3v) is 3.35. The van der Waals surface area contributed by atoms with Crippen LogP contribution >= 0.6 is 0 Å². The number of benzene rings is 1. The summed E-state index contributed by atoms with van der Waals surface area (Å²) in [5.41, 5.74) is 2.63. The molecular formula is C15H18O. The maximum absolute atomic E-state index is 12.1. The standard InChI is InChI=1S/C15H18O/c1-2-3-11-15(16)14-10-6-8-12-7-4-5-9-13(12)14/h2,4-5,7,9,14H,1,3,6,8,10-11H2. The van der Waals surface area contributed by atoms with E-state index in [2.05, 4.69) is 24.8 Å². The molecule has 16 heavy (non-hydrogen) atoms. The Morgan fingerprint density at radius 3 is 3.06 bits per heavy atom. The molecule has 0 N–H and O–H groups in total. The summed E-state index contributed by atoms with van der Waals surface area (Å²) < 4.78 is 0. The highest BCUT2D eigenvalue weighted by Crippen LogP contribution is 2.32. The molecule has 1 nitrogen and oxygen atoms in total. The lowest BCUT2D eigenvalue weighted by atomic mass is 9.79. The molecule has 1 atom stereocenters. The number of Topliss-reactive ketones (excluding diaryl/α,β-unsaturated/α-hetero) is 1. The third kappa shape index (κ3) is 2.24. The predicted molar refractivity (Wildman–Crippen MR) is 66.6 cm³/mol. The minimum absolute atomic E-state index is 0.143. The number of carbonyl (C=O) groups excluding carboxylic acids is 1. The average molecular weight is 214 g/mol. The smallest absolute Gasteiger partial charge is 0.140 e. The van der Waals surface area contributed by atoms with Crippen LogP contribution in [0.25, 0.3) is 0 Å². The van der Waals surface area contributed by atoms with E-state index in [1.54, 1.807) is 0 Å². The maximum Gasteiger partial charge on any atom is 0.140 e. The Kier molecular flexibility index (Phi) is 3.55. The van der Waals surface area contributed by atoms with Crippen LogP contribution in [0.3, 0.4) is 0 Å². The number of fused-ring (bicyclic) bond motifs is 1. The number of hydrogen-bond donors (Lipinski definition) is 0. The molecule has 0 heterocycles. The molecule has 1 aromatic carbocycles. The van der Waals surface area contributed by atoms with Crippen molar-refractivity contribution in [1.82, 2.24) is 0 Å². The van der Waals surface area contributed by atoms with Gasteiger partial charge in [0.1, 0.15) is 5.78 Å². The van der Waals surface area contributed by atoms with Crippen LogP contribution in [0.5, 0.6) is 0 Å². The van der Waals surface area contributed by atoms with Crippen LogP contribution in [-0.4, -0.2) is 5.78 Å². The third-order valence-electron chi connectivity index (χ3n) is 3.35. The number of hydrogen-bond acceptors (Lipinski definition) is 1. The number of carbonyl (C=O) groups is 1. The second-order valence-corrected chi connectivity index (χ2v) is 4.44. The highest BCUT2D eigenvalue weighted by Gasteiger charge is 2.24. The Balaban J connectivity index is 2.18. The largest absolute Gasteiger partial charge is 0.299 e. The van der Waals surface area contributed by atoms with Gasteiger partial charge in [0.2, 0.25) is 0 Å². The van der Waals surface area contributed by atoms with Gasteiger partial charge in [-0.1, -0.05) is 30.3 Å². The molecule has 0 saturated heterocycles. The average Bonchev–Trinajstić information content (AvgIpc) is 2.35. The van der Waals surface area contributed by atoms with E-state index in [-0.39, 0.29) is 5.92 Å². The molecule has 84 valence electrons. The first-order chi connectivity index (χ1) is 7.83. The molecule has 2 rings (SSSR count). The predicted octanol–water partition coefficient (Wildman–Crippen LogP) is 3.64. The topological polar surface area (TPSA) is 17.1 Å². The van der Waals surface area contributed by atoms with Gasteiger partial charge in [-0.15, -0.1) is 6.58 Å². The van der Waals surface area contributed by atoms with Crippen molar-refractivity contribution in [3.63, 3.8) is 0 Å². The van der Waals surface area contributed by atoms with Crippen LogP contribution < -0.4 is 0 Å². The van der Waals surface area contributed by atoms with Crippen molar-refractivity contribution in [2.75, 3.05) is 0 Å². The molecule has 0 fully saturated rings. The molecule has 1 heteroatoms. The van der Waals surface area contributed by atoms with Crippen molar-refractivity contribution < 1.29 is 4.79 Å². The monoisotopic (exact) mass is 214 g/mol. The van der Waals surface area contributed by atoms with Crippen LogP contribution in [0.4, 0.5) is 0 Å². The van der Waals surface area contributed by atoms with Crippen molar-refractivity contribution in [2.24, 2.45) is 0 Å². The molecule has 1 aliphatic carbocycles. The molecule has 0 radical (unpaired) electrons. The first-order valence-electron chi connectivity index (χ1n) is 6.04. The lowest BCUT2D eigenvalue weighted by Crippen LogP contribution is -2.18. The second kappa shape index (κ2) is 5.11. The zero-order valence-electron chi connectivity index (χ0n) is 9.61. The zero-order valence-corrected chi connectivity index (χ0v) is 9.61. The Morgan fingerprint density at radius 2 is 2.25 bits per heavy atom. The normalized spacial score (nSPS) is 18.9. The summed E-state index contributed by atoms with van der Waals surface area (Å²) in [6, 6.07) is 8.38. The Labute approximate surface area is 97.2 Å². The van der Waals surface area contributed by atoms with E-state index in [0.29, 0.717) is 12.2 Å². The lowest BCUT2D eigenvalue weighted by molar-refractivity contribution is -0.120. The second-order valence-electron chi connectivity index (χ2n) is 4.44. The fourth-order valence-corrected chi connectivity index (χ4v) is 2.51. The molecule has 1 aromatic rings. The van der Waals surface area contributed by atoms with Gasteiger partial charge in [0.05, 0.1) is 0 Å². The molecule has 0 aromatic heterocycles. The van der Waals surface area contributed by atoms with Crippen LogP contribution in [0, 0.1) is 0 Å². The van der Waals surface area contributed by atoms with Crippen LogP contribution in [-0.2, 0) is 11.2 Å². The van der Waals surface area contributed by atoms with Gasteiger partial charge in [-0.05, 0) is 36.8 Å². The summed E-state index contributed by atoms with van der Waals surface area (Å²) in [5.74, 6) is 0.525. The van der Waals surface area contributed by atoms with E-state index in [9.17, 15) is 4.79 Å². The number of aryl methyl sites for hydroxylation is 1. The van der Waals surface area contributed by atoms with E-state index < -0.39 is 0 Å².